The zero-order chi connectivity index (χ0) is 15.0. The van der Waals surface area contributed by atoms with E-state index < -0.39 is 23.7 Å². The monoisotopic (exact) mass is 286 g/mol. The lowest BCUT2D eigenvalue weighted by Crippen LogP contribution is -2.31. The molecule has 0 saturated heterocycles. The molecule has 5 nitrogen and oxygen atoms in total. The number of carbonyl (C=O) groups is 2. The van der Waals surface area contributed by atoms with Crippen molar-refractivity contribution in [2.45, 2.75) is 5.92 Å². The van der Waals surface area contributed by atoms with Crippen LogP contribution in [0.4, 0.5) is 10.1 Å². The number of para-hydroxylation sites is 1. The Labute approximate surface area is 119 Å². The van der Waals surface area contributed by atoms with Crippen LogP contribution in [0.2, 0.25) is 0 Å². The van der Waals surface area contributed by atoms with E-state index in [1.807, 2.05) is 0 Å². The van der Waals surface area contributed by atoms with E-state index in [-0.39, 0.29) is 12.1 Å². The Hall–Kier alpha value is -2.76. The summed E-state index contributed by atoms with van der Waals surface area (Å²) < 4.78 is 13.1. The van der Waals surface area contributed by atoms with Crippen molar-refractivity contribution in [2.24, 2.45) is 0 Å². The third kappa shape index (κ3) is 2.24. The van der Waals surface area contributed by atoms with Gasteiger partial charge in [-0.1, -0.05) is 18.2 Å². The molecule has 1 aliphatic heterocycles. The van der Waals surface area contributed by atoms with E-state index in [0.29, 0.717) is 11.3 Å². The number of aliphatic carboxylic acids is 1. The van der Waals surface area contributed by atoms with Crippen LogP contribution in [0.25, 0.3) is 0 Å². The smallest absolute Gasteiger partial charge is 0.312 e. The third-order valence-electron chi connectivity index (χ3n) is 3.48. The number of pyridine rings is 1. The Morgan fingerprint density at radius 2 is 2.05 bits per heavy atom. The van der Waals surface area contributed by atoms with Crippen molar-refractivity contribution in [2.75, 3.05) is 11.4 Å². The van der Waals surface area contributed by atoms with Crippen LogP contribution >= 0.6 is 0 Å². The molecular formula is C15H11FN2O3. The molecule has 3 rings (SSSR count). The van der Waals surface area contributed by atoms with Gasteiger partial charge >= 0.3 is 5.97 Å². The van der Waals surface area contributed by atoms with Gasteiger partial charge in [-0.05, 0) is 17.7 Å². The topological polar surface area (TPSA) is 70.5 Å². The summed E-state index contributed by atoms with van der Waals surface area (Å²) in [6.45, 7) is 0.0391. The molecule has 0 spiro atoms. The molecule has 1 aromatic carbocycles. The van der Waals surface area contributed by atoms with Crippen molar-refractivity contribution < 1.29 is 19.1 Å². The molecule has 1 unspecified atom stereocenters. The molecule has 1 aromatic heterocycles. The highest BCUT2D eigenvalue weighted by atomic mass is 19.1. The number of carboxylic acids is 1. The van der Waals surface area contributed by atoms with Crippen LogP contribution < -0.4 is 4.90 Å². The van der Waals surface area contributed by atoms with E-state index in [9.17, 15) is 19.1 Å². The molecule has 1 N–H and O–H groups in total. The summed E-state index contributed by atoms with van der Waals surface area (Å²) in [5, 5.41) is 9.27. The predicted octanol–water partition coefficient (Wildman–Crippen LogP) is 2.05. The molecule has 0 fully saturated rings. The van der Waals surface area contributed by atoms with E-state index >= 15 is 0 Å². The van der Waals surface area contributed by atoms with Crippen LogP contribution in [0.3, 0.4) is 0 Å². The van der Waals surface area contributed by atoms with Crippen molar-refractivity contribution in [3.8, 4) is 0 Å². The molecular weight excluding hydrogens is 275 g/mol. The summed E-state index contributed by atoms with van der Waals surface area (Å²) >= 11 is 0. The average molecular weight is 286 g/mol. The number of hydrogen-bond acceptors (Lipinski definition) is 3. The maximum Gasteiger partial charge on any atom is 0.312 e. The lowest BCUT2D eigenvalue weighted by atomic mass is 10.0. The highest BCUT2D eigenvalue weighted by Crippen LogP contribution is 2.37. The second-order valence-electron chi connectivity index (χ2n) is 4.73. The quantitative estimate of drug-likeness (QED) is 0.858. The molecule has 2 aromatic rings. The fourth-order valence-electron chi connectivity index (χ4n) is 2.50. The number of amides is 1. The molecule has 1 atom stereocenters. The molecule has 0 saturated carbocycles. The van der Waals surface area contributed by atoms with Gasteiger partial charge in [0.05, 0.1) is 0 Å². The zero-order valence-electron chi connectivity index (χ0n) is 10.9. The van der Waals surface area contributed by atoms with Gasteiger partial charge in [0.2, 0.25) is 5.95 Å². The lowest BCUT2D eigenvalue weighted by molar-refractivity contribution is -0.138. The summed E-state index contributed by atoms with van der Waals surface area (Å²) in [6, 6.07) is 9.29. The Balaban J connectivity index is 2.01. The number of halogens is 1. The second kappa shape index (κ2) is 4.97. The molecule has 6 heteroatoms. The minimum Gasteiger partial charge on any atom is -0.481 e. The van der Waals surface area contributed by atoms with Crippen LogP contribution in [0.15, 0.2) is 42.6 Å². The minimum absolute atomic E-state index is 0.0391. The Bertz CT molecular complexity index is 732. The first-order chi connectivity index (χ1) is 10.1. The zero-order valence-corrected chi connectivity index (χ0v) is 10.9. The Morgan fingerprint density at radius 3 is 2.76 bits per heavy atom. The first-order valence-corrected chi connectivity index (χ1v) is 6.33. The largest absolute Gasteiger partial charge is 0.481 e. The van der Waals surface area contributed by atoms with Gasteiger partial charge in [-0.3, -0.25) is 9.59 Å². The van der Waals surface area contributed by atoms with Crippen molar-refractivity contribution in [3.63, 3.8) is 0 Å². The third-order valence-corrected chi connectivity index (χ3v) is 3.48. The first-order valence-electron chi connectivity index (χ1n) is 6.33. The second-order valence-corrected chi connectivity index (χ2v) is 4.73. The van der Waals surface area contributed by atoms with E-state index in [0.717, 1.165) is 6.07 Å². The molecule has 0 bridgehead atoms. The molecule has 1 amide bonds. The maximum absolute atomic E-state index is 13.1. The highest BCUT2D eigenvalue weighted by molar-refractivity contribution is 6.08. The number of benzene rings is 1. The summed E-state index contributed by atoms with van der Waals surface area (Å²) in [7, 11) is 0. The van der Waals surface area contributed by atoms with Gasteiger partial charge in [-0.25, -0.2) is 4.98 Å². The number of aromatic nitrogens is 1. The standard InChI is InChI=1S/C15H11FN2O3/c16-13-7-9(5-6-17-13)14(19)18-8-11(15(20)21)10-3-1-2-4-12(10)18/h1-7,11H,8H2,(H,20,21). The lowest BCUT2D eigenvalue weighted by Gasteiger charge is -2.17. The van der Waals surface area contributed by atoms with Crippen molar-refractivity contribution >= 4 is 17.6 Å². The normalized spacial score (nSPS) is 16.6. The molecule has 0 aliphatic carbocycles. The van der Waals surface area contributed by atoms with E-state index in [1.54, 1.807) is 24.3 Å². The number of carbonyl (C=O) groups excluding carboxylic acids is 1. The summed E-state index contributed by atoms with van der Waals surface area (Å²) in [4.78, 5) is 28.6. The fourth-order valence-corrected chi connectivity index (χ4v) is 2.50. The number of fused-ring (bicyclic) bond motifs is 1. The number of hydrogen-bond donors (Lipinski definition) is 1. The van der Waals surface area contributed by atoms with Gasteiger partial charge in [0.25, 0.3) is 5.91 Å². The van der Waals surface area contributed by atoms with Crippen molar-refractivity contribution in [1.29, 1.82) is 0 Å². The van der Waals surface area contributed by atoms with Gasteiger partial charge in [-0.2, -0.15) is 4.39 Å². The minimum atomic E-state index is -0.987. The molecule has 2 heterocycles. The Morgan fingerprint density at radius 1 is 1.29 bits per heavy atom. The SMILES string of the molecule is O=C(O)C1CN(C(=O)c2ccnc(F)c2)c2ccccc21. The van der Waals surface area contributed by atoms with Gasteiger partial charge in [-0.15, -0.1) is 0 Å². The number of anilines is 1. The number of rotatable bonds is 2. The van der Waals surface area contributed by atoms with Crippen LogP contribution in [-0.4, -0.2) is 28.5 Å². The molecule has 106 valence electrons. The Kier molecular flexibility index (Phi) is 3.13. The van der Waals surface area contributed by atoms with Gasteiger partial charge in [0.15, 0.2) is 0 Å². The molecule has 0 radical (unpaired) electrons. The highest BCUT2D eigenvalue weighted by Gasteiger charge is 2.36. The van der Waals surface area contributed by atoms with Gasteiger partial charge in [0, 0.05) is 30.1 Å². The average Bonchev–Trinajstić information content (AvgIpc) is 2.86. The maximum atomic E-state index is 13.1. The van der Waals surface area contributed by atoms with E-state index in [2.05, 4.69) is 4.98 Å². The first kappa shape index (κ1) is 13.2. The number of nitrogens with zero attached hydrogens (tertiary/aromatic N) is 2. The summed E-state index contributed by atoms with van der Waals surface area (Å²) in [6.07, 6.45) is 1.21. The van der Waals surface area contributed by atoms with Crippen LogP contribution in [0.5, 0.6) is 0 Å². The van der Waals surface area contributed by atoms with Gasteiger partial charge in [0.1, 0.15) is 5.92 Å². The van der Waals surface area contributed by atoms with E-state index in [1.165, 1.54) is 17.2 Å². The predicted molar refractivity (Wildman–Crippen MR) is 72.7 cm³/mol. The van der Waals surface area contributed by atoms with Crippen molar-refractivity contribution in [1.82, 2.24) is 4.98 Å². The number of carboxylic acid groups (broad SMARTS) is 1. The summed E-state index contributed by atoms with van der Waals surface area (Å²) in [5.74, 6) is -2.94. The summed E-state index contributed by atoms with van der Waals surface area (Å²) in [5.41, 5.74) is 1.28. The molecule has 1 aliphatic rings. The molecule has 21 heavy (non-hydrogen) atoms. The van der Waals surface area contributed by atoms with Crippen LogP contribution in [0, 0.1) is 5.95 Å². The van der Waals surface area contributed by atoms with Crippen LogP contribution in [-0.2, 0) is 4.79 Å². The van der Waals surface area contributed by atoms with Crippen LogP contribution in [0.1, 0.15) is 21.8 Å². The van der Waals surface area contributed by atoms with Crippen molar-refractivity contribution in [3.05, 3.63) is 59.7 Å². The van der Waals surface area contributed by atoms with E-state index in [4.69, 9.17) is 0 Å². The van der Waals surface area contributed by atoms with Gasteiger partial charge < -0.3 is 10.0 Å². The fraction of sp³-hybridized carbons (Fsp3) is 0.133.